The summed E-state index contributed by atoms with van der Waals surface area (Å²) in [4.78, 5) is 0. The van der Waals surface area contributed by atoms with Crippen LogP contribution in [0.3, 0.4) is 0 Å². The van der Waals surface area contributed by atoms with Gasteiger partial charge in [-0.2, -0.15) is 5.10 Å². The standard InChI is InChI=1S/C17H13N3O4S/c25-17-19-18-16(10-1-3-13-14(7-10)24-9-23-13)20(17)11-2-4-12-15(8-11)22-6-5-21-12/h1-4,7-8H,5-6,9H2,(H,19,25). The smallest absolute Gasteiger partial charge is 0.231 e. The summed E-state index contributed by atoms with van der Waals surface area (Å²) >= 11 is 5.43. The topological polar surface area (TPSA) is 70.5 Å². The number of rotatable bonds is 2. The van der Waals surface area contributed by atoms with E-state index in [1.54, 1.807) is 0 Å². The van der Waals surface area contributed by atoms with Gasteiger partial charge in [0.1, 0.15) is 13.2 Å². The zero-order valence-electron chi connectivity index (χ0n) is 13.0. The molecule has 25 heavy (non-hydrogen) atoms. The molecule has 0 saturated heterocycles. The first-order valence-electron chi connectivity index (χ1n) is 7.77. The Morgan fingerprint density at radius 3 is 2.52 bits per heavy atom. The van der Waals surface area contributed by atoms with Crippen molar-refractivity contribution in [3.8, 4) is 40.1 Å². The highest BCUT2D eigenvalue weighted by molar-refractivity contribution is 7.71. The molecule has 2 aliphatic heterocycles. The monoisotopic (exact) mass is 355 g/mol. The van der Waals surface area contributed by atoms with E-state index in [9.17, 15) is 0 Å². The van der Waals surface area contributed by atoms with E-state index in [-0.39, 0.29) is 6.79 Å². The third-order valence-corrected chi connectivity index (χ3v) is 4.36. The van der Waals surface area contributed by atoms with Crippen molar-refractivity contribution in [2.75, 3.05) is 20.0 Å². The first-order valence-corrected chi connectivity index (χ1v) is 8.18. The lowest BCUT2D eigenvalue weighted by atomic mass is 10.2. The van der Waals surface area contributed by atoms with Gasteiger partial charge in [0.2, 0.25) is 6.79 Å². The van der Waals surface area contributed by atoms with Crippen LogP contribution in [0.15, 0.2) is 36.4 Å². The molecule has 0 bridgehead atoms. The Bertz CT molecular complexity index is 1030. The highest BCUT2D eigenvalue weighted by Gasteiger charge is 2.19. The van der Waals surface area contributed by atoms with Crippen molar-refractivity contribution < 1.29 is 18.9 Å². The van der Waals surface area contributed by atoms with Crippen molar-refractivity contribution in [2.24, 2.45) is 0 Å². The molecule has 3 aromatic rings. The third-order valence-electron chi connectivity index (χ3n) is 4.09. The molecule has 0 spiro atoms. The van der Waals surface area contributed by atoms with E-state index in [4.69, 9.17) is 31.2 Å². The summed E-state index contributed by atoms with van der Waals surface area (Å²) in [5, 5.41) is 7.23. The van der Waals surface area contributed by atoms with Gasteiger partial charge in [-0.05, 0) is 42.5 Å². The number of H-pyrrole nitrogens is 1. The molecule has 0 fully saturated rings. The normalized spacial score (nSPS) is 14.6. The largest absolute Gasteiger partial charge is 0.486 e. The fourth-order valence-corrected chi connectivity index (χ4v) is 3.17. The molecule has 2 aromatic carbocycles. The zero-order valence-corrected chi connectivity index (χ0v) is 13.8. The molecule has 0 unspecified atom stereocenters. The van der Waals surface area contributed by atoms with E-state index in [0.29, 0.717) is 35.3 Å². The van der Waals surface area contributed by atoms with Crippen molar-refractivity contribution in [3.05, 3.63) is 41.2 Å². The number of nitrogens with zero attached hydrogens (tertiary/aromatic N) is 2. The molecule has 1 N–H and O–H groups in total. The summed E-state index contributed by atoms with van der Waals surface area (Å²) in [5.41, 5.74) is 1.71. The SMILES string of the molecule is S=c1[nH]nc(-c2ccc3c(c2)OCO3)n1-c1ccc2c(c1)OCCO2. The quantitative estimate of drug-likeness (QED) is 0.713. The van der Waals surface area contributed by atoms with Gasteiger partial charge in [0.25, 0.3) is 0 Å². The lowest BCUT2D eigenvalue weighted by molar-refractivity contribution is 0.171. The fourth-order valence-electron chi connectivity index (χ4n) is 2.94. The molecular formula is C17H13N3O4S. The highest BCUT2D eigenvalue weighted by Crippen LogP contribution is 2.37. The van der Waals surface area contributed by atoms with E-state index in [1.807, 2.05) is 41.0 Å². The second kappa shape index (κ2) is 5.52. The number of fused-ring (bicyclic) bond motifs is 2. The average Bonchev–Trinajstić information content (AvgIpc) is 3.27. The summed E-state index contributed by atoms with van der Waals surface area (Å²) in [6.07, 6.45) is 0. The van der Waals surface area contributed by atoms with E-state index in [0.717, 1.165) is 22.7 Å². The van der Waals surface area contributed by atoms with Crippen molar-refractivity contribution in [1.82, 2.24) is 14.8 Å². The van der Waals surface area contributed by atoms with Gasteiger partial charge in [-0.1, -0.05) is 0 Å². The van der Waals surface area contributed by atoms with Crippen molar-refractivity contribution in [1.29, 1.82) is 0 Å². The maximum absolute atomic E-state index is 5.67. The van der Waals surface area contributed by atoms with Gasteiger partial charge in [0.15, 0.2) is 33.6 Å². The predicted octanol–water partition coefficient (Wildman–Crippen LogP) is 3.10. The second-order valence-corrected chi connectivity index (χ2v) is 5.97. The number of benzene rings is 2. The van der Waals surface area contributed by atoms with Crippen LogP contribution in [-0.2, 0) is 0 Å². The zero-order chi connectivity index (χ0) is 16.8. The van der Waals surface area contributed by atoms with E-state index in [1.165, 1.54) is 0 Å². The minimum absolute atomic E-state index is 0.230. The van der Waals surface area contributed by atoms with E-state index in [2.05, 4.69) is 10.2 Å². The highest BCUT2D eigenvalue weighted by atomic mass is 32.1. The minimum atomic E-state index is 0.230. The molecule has 1 aromatic heterocycles. The summed E-state index contributed by atoms with van der Waals surface area (Å²) in [7, 11) is 0. The fraction of sp³-hybridized carbons (Fsp3) is 0.176. The summed E-state index contributed by atoms with van der Waals surface area (Å²) < 4.78 is 24.4. The van der Waals surface area contributed by atoms with Gasteiger partial charge >= 0.3 is 0 Å². The first kappa shape index (κ1) is 14.4. The Labute approximate surface area is 147 Å². The van der Waals surface area contributed by atoms with Crippen molar-refractivity contribution in [3.63, 3.8) is 0 Å². The first-order chi connectivity index (χ1) is 12.3. The molecule has 0 aliphatic carbocycles. The molecule has 0 atom stereocenters. The van der Waals surface area contributed by atoms with Crippen LogP contribution in [0.4, 0.5) is 0 Å². The Morgan fingerprint density at radius 2 is 1.60 bits per heavy atom. The lowest BCUT2D eigenvalue weighted by Crippen LogP contribution is -2.15. The van der Waals surface area contributed by atoms with Gasteiger partial charge in [0, 0.05) is 11.6 Å². The number of aromatic amines is 1. The van der Waals surface area contributed by atoms with Crippen LogP contribution in [0.2, 0.25) is 0 Å². The molecule has 5 rings (SSSR count). The third kappa shape index (κ3) is 2.33. The molecule has 126 valence electrons. The molecule has 2 aliphatic rings. The number of hydrogen-bond donors (Lipinski definition) is 1. The predicted molar refractivity (Wildman–Crippen MR) is 91.3 cm³/mol. The Balaban J connectivity index is 1.63. The number of nitrogens with one attached hydrogen (secondary N) is 1. The summed E-state index contributed by atoms with van der Waals surface area (Å²) in [5.74, 6) is 3.53. The lowest BCUT2D eigenvalue weighted by Gasteiger charge is -2.19. The van der Waals surface area contributed by atoms with Gasteiger partial charge in [-0.3, -0.25) is 9.67 Å². The van der Waals surface area contributed by atoms with Crippen LogP contribution in [0.5, 0.6) is 23.0 Å². The number of hydrogen-bond acceptors (Lipinski definition) is 6. The van der Waals surface area contributed by atoms with E-state index >= 15 is 0 Å². The Hall–Kier alpha value is -3.00. The number of aromatic nitrogens is 3. The van der Waals surface area contributed by atoms with Gasteiger partial charge in [0.05, 0.1) is 5.69 Å². The second-order valence-electron chi connectivity index (χ2n) is 5.58. The maximum Gasteiger partial charge on any atom is 0.231 e. The molecular weight excluding hydrogens is 342 g/mol. The Kier molecular flexibility index (Phi) is 3.17. The molecule has 8 heteroatoms. The van der Waals surface area contributed by atoms with E-state index < -0.39 is 0 Å². The minimum Gasteiger partial charge on any atom is -0.486 e. The molecule has 3 heterocycles. The van der Waals surface area contributed by atoms with Crippen LogP contribution in [0.1, 0.15) is 0 Å². The van der Waals surface area contributed by atoms with Crippen LogP contribution in [-0.4, -0.2) is 34.8 Å². The average molecular weight is 355 g/mol. The van der Waals surface area contributed by atoms with Crippen LogP contribution >= 0.6 is 12.2 Å². The van der Waals surface area contributed by atoms with Crippen molar-refractivity contribution in [2.45, 2.75) is 0 Å². The van der Waals surface area contributed by atoms with Crippen LogP contribution in [0, 0.1) is 4.77 Å². The van der Waals surface area contributed by atoms with Crippen LogP contribution < -0.4 is 18.9 Å². The summed E-state index contributed by atoms with van der Waals surface area (Å²) in [6.45, 7) is 1.32. The van der Waals surface area contributed by atoms with Crippen molar-refractivity contribution >= 4 is 12.2 Å². The van der Waals surface area contributed by atoms with Gasteiger partial charge in [-0.25, -0.2) is 0 Å². The number of ether oxygens (including phenoxy) is 4. The molecule has 7 nitrogen and oxygen atoms in total. The maximum atomic E-state index is 5.67. The van der Waals surface area contributed by atoms with Crippen LogP contribution in [0.25, 0.3) is 17.1 Å². The molecule has 0 amide bonds. The molecule has 0 saturated carbocycles. The van der Waals surface area contributed by atoms with Gasteiger partial charge < -0.3 is 18.9 Å². The summed E-state index contributed by atoms with van der Waals surface area (Å²) in [6, 6.07) is 11.4. The molecule has 0 radical (unpaired) electrons. The Morgan fingerprint density at radius 1 is 0.880 bits per heavy atom. The van der Waals surface area contributed by atoms with Gasteiger partial charge in [-0.15, -0.1) is 0 Å².